The summed E-state index contributed by atoms with van der Waals surface area (Å²) in [6.07, 6.45) is 0. The number of aromatic amines is 1. The van der Waals surface area contributed by atoms with Crippen molar-refractivity contribution in [1.82, 2.24) is 5.16 Å². The van der Waals surface area contributed by atoms with E-state index in [0.717, 1.165) is 10.4 Å². The number of aromatic nitrogens is 1. The summed E-state index contributed by atoms with van der Waals surface area (Å²) < 4.78 is 5.17. The van der Waals surface area contributed by atoms with E-state index in [1.807, 2.05) is 31.4 Å². The lowest BCUT2D eigenvalue weighted by atomic mass is 10.0. The minimum absolute atomic E-state index is 0.122. The van der Waals surface area contributed by atoms with E-state index in [1.165, 1.54) is 0 Å². The lowest BCUT2D eigenvalue weighted by Crippen LogP contribution is -2.07. The van der Waals surface area contributed by atoms with E-state index in [2.05, 4.69) is 5.16 Å². The smallest absolute Gasteiger partial charge is 0.284 e. The van der Waals surface area contributed by atoms with Crippen LogP contribution < -0.4 is 5.56 Å². The van der Waals surface area contributed by atoms with Crippen molar-refractivity contribution in [3.63, 3.8) is 0 Å². The van der Waals surface area contributed by atoms with Crippen LogP contribution in [0.25, 0.3) is 10.6 Å². The molecular weight excluding hydrogens is 198 g/mol. The lowest BCUT2D eigenvalue weighted by Gasteiger charge is -2.00. The first-order valence-corrected chi connectivity index (χ1v) is 5.33. The Morgan fingerprint density at radius 1 is 1.50 bits per heavy atom. The van der Waals surface area contributed by atoms with Gasteiger partial charge in [0.05, 0.1) is 10.4 Å². The average molecular weight is 209 g/mol. The topological polar surface area (TPSA) is 46.0 Å². The Labute approximate surface area is 85.4 Å². The molecule has 2 heterocycles. The summed E-state index contributed by atoms with van der Waals surface area (Å²) in [5.41, 5.74) is 0.607. The van der Waals surface area contributed by atoms with E-state index < -0.39 is 0 Å². The highest BCUT2D eigenvalue weighted by Gasteiger charge is 2.17. The molecule has 3 nitrogen and oxygen atoms in total. The standard InChI is InChI=1S/C10H11NO2S/c1-6(2)8-9(13-11-10(8)12)7-4-3-5-14-7/h3-6H,1-2H3,(H,11,12). The van der Waals surface area contributed by atoms with E-state index in [-0.39, 0.29) is 11.5 Å². The molecule has 0 fully saturated rings. The zero-order chi connectivity index (χ0) is 10.1. The molecule has 1 N–H and O–H groups in total. The van der Waals surface area contributed by atoms with Gasteiger partial charge in [-0.1, -0.05) is 19.9 Å². The van der Waals surface area contributed by atoms with Gasteiger partial charge in [-0.2, -0.15) is 5.16 Å². The monoisotopic (exact) mass is 209 g/mol. The number of nitrogens with one attached hydrogen (secondary N) is 1. The molecule has 0 aliphatic heterocycles. The van der Waals surface area contributed by atoms with E-state index in [9.17, 15) is 4.79 Å². The third-order valence-electron chi connectivity index (χ3n) is 2.06. The second-order valence-electron chi connectivity index (χ2n) is 3.41. The third kappa shape index (κ3) is 1.42. The summed E-state index contributed by atoms with van der Waals surface area (Å²) in [4.78, 5) is 12.4. The molecule has 14 heavy (non-hydrogen) atoms. The van der Waals surface area contributed by atoms with Gasteiger partial charge in [0.15, 0.2) is 5.76 Å². The summed E-state index contributed by atoms with van der Waals surface area (Å²) in [5, 5.41) is 4.35. The van der Waals surface area contributed by atoms with E-state index in [1.54, 1.807) is 11.3 Å². The second kappa shape index (κ2) is 3.46. The number of thiophene rings is 1. The van der Waals surface area contributed by atoms with Gasteiger partial charge in [-0.3, -0.25) is 4.79 Å². The van der Waals surface area contributed by atoms with Crippen LogP contribution in [0.2, 0.25) is 0 Å². The largest absolute Gasteiger partial charge is 0.377 e. The van der Waals surface area contributed by atoms with Crippen molar-refractivity contribution in [2.24, 2.45) is 0 Å². The Balaban J connectivity index is 2.60. The highest BCUT2D eigenvalue weighted by molar-refractivity contribution is 7.13. The molecule has 0 aromatic carbocycles. The number of H-pyrrole nitrogens is 1. The summed E-state index contributed by atoms with van der Waals surface area (Å²) in [6.45, 7) is 3.97. The maximum Gasteiger partial charge on any atom is 0.284 e. The van der Waals surface area contributed by atoms with Crippen molar-refractivity contribution in [2.75, 3.05) is 0 Å². The minimum Gasteiger partial charge on any atom is -0.377 e. The molecule has 0 saturated carbocycles. The Kier molecular flexibility index (Phi) is 2.29. The van der Waals surface area contributed by atoms with Gasteiger partial charge < -0.3 is 4.52 Å². The predicted octanol–water partition coefficient (Wildman–Crippen LogP) is 2.82. The molecule has 2 aromatic rings. The van der Waals surface area contributed by atoms with Crippen molar-refractivity contribution in [3.05, 3.63) is 33.4 Å². The van der Waals surface area contributed by atoms with Crippen molar-refractivity contribution in [2.45, 2.75) is 19.8 Å². The van der Waals surface area contributed by atoms with Gasteiger partial charge in [0.1, 0.15) is 0 Å². The van der Waals surface area contributed by atoms with Crippen LogP contribution in [0.15, 0.2) is 26.8 Å². The molecule has 2 rings (SSSR count). The van der Waals surface area contributed by atoms with Crippen molar-refractivity contribution >= 4 is 11.3 Å². The summed E-state index contributed by atoms with van der Waals surface area (Å²) in [7, 11) is 0. The van der Waals surface area contributed by atoms with Crippen molar-refractivity contribution < 1.29 is 4.52 Å². The summed E-state index contributed by atoms with van der Waals surface area (Å²) in [6, 6.07) is 3.89. The van der Waals surface area contributed by atoms with E-state index in [4.69, 9.17) is 4.52 Å². The number of hydrogen-bond acceptors (Lipinski definition) is 3. The number of hydrogen-bond donors (Lipinski definition) is 1. The molecule has 2 aromatic heterocycles. The van der Waals surface area contributed by atoms with Gasteiger partial charge in [0, 0.05) is 0 Å². The molecule has 0 amide bonds. The fourth-order valence-corrected chi connectivity index (χ4v) is 2.15. The zero-order valence-corrected chi connectivity index (χ0v) is 8.85. The van der Waals surface area contributed by atoms with Crippen molar-refractivity contribution in [3.8, 4) is 10.6 Å². The SMILES string of the molecule is CC(C)c1c(-c2cccs2)o[nH]c1=O. The molecular formula is C10H11NO2S. The summed E-state index contributed by atoms with van der Waals surface area (Å²) in [5.74, 6) is 0.856. The molecule has 0 unspecified atom stereocenters. The zero-order valence-electron chi connectivity index (χ0n) is 8.03. The van der Waals surface area contributed by atoms with E-state index >= 15 is 0 Å². The van der Waals surface area contributed by atoms with Gasteiger partial charge in [0.2, 0.25) is 0 Å². The van der Waals surface area contributed by atoms with Crippen LogP contribution in [0, 0.1) is 0 Å². The molecule has 0 aliphatic rings. The highest BCUT2D eigenvalue weighted by atomic mass is 32.1. The highest BCUT2D eigenvalue weighted by Crippen LogP contribution is 2.29. The number of rotatable bonds is 2. The van der Waals surface area contributed by atoms with Crippen LogP contribution in [-0.2, 0) is 0 Å². The second-order valence-corrected chi connectivity index (χ2v) is 4.36. The molecule has 0 bridgehead atoms. The molecule has 74 valence electrons. The van der Waals surface area contributed by atoms with E-state index in [0.29, 0.717) is 5.76 Å². The normalized spacial score (nSPS) is 11.1. The molecule has 0 saturated heterocycles. The average Bonchev–Trinajstić information content (AvgIpc) is 2.70. The Morgan fingerprint density at radius 2 is 2.29 bits per heavy atom. The van der Waals surface area contributed by atoms with Crippen LogP contribution in [0.3, 0.4) is 0 Å². The quantitative estimate of drug-likeness (QED) is 0.826. The first kappa shape index (κ1) is 9.27. The van der Waals surface area contributed by atoms with Crippen LogP contribution in [0.5, 0.6) is 0 Å². The molecule has 0 atom stereocenters. The molecule has 0 spiro atoms. The molecule has 0 radical (unpaired) electrons. The van der Waals surface area contributed by atoms with Gasteiger partial charge >= 0.3 is 0 Å². The van der Waals surface area contributed by atoms with Gasteiger partial charge in [-0.15, -0.1) is 11.3 Å². The maximum atomic E-state index is 11.4. The Morgan fingerprint density at radius 3 is 2.86 bits per heavy atom. The van der Waals surface area contributed by atoms with Crippen LogP contribution in [-0.4, -0.2) is 5.16 Å². The maximum absolute atomic E-state index is 11.4. The van der Waals surface area contributed by atoms with Gasteiger partial charge in [-0.05, 0) is 17.4 Å². The summed E-state index contributed by atoms with van der Waals surface area (Å²) >= 11 is 1.57. The fraction of sp³-hybridized carbons (Fsp3) is 0.300. The predicted molar refractivity (Wildman–Crippen MR) is 56.7 cm³/mol. The van der Waals surface area contributed by atoms with Crippen LogP contribution >= 0.6 is 11.3 Å². The Hall–Kier alpha value is -1.29. The minimum atomic E-state index is -0.122. The lowest BCUT2D eigenvalue weighted by molar-refractivity contribution is 0.426. The van der Waals surface area contributed by atoms with Gasteiger partial charge in [0.25, 0.3) is 5.56 Å². The molecule has 0 aliphatic carbocycles. The van der Waals surface area contributed by atoms with Crippen molar-refractivity contribution in [1.29, 1.82) is 0 Å². The van der Waals surface area contributed by atoms with Gasteiger partial charge in [-0.25, -0.2) is 0 Å². The first-order chi connectivity index (χ1) is 6.70. The Bertz CT molecular complexity index is 465. The first-order valence-electron chi connectivity index (χ1n) is 4.45. The van der Waals surface area contributed by atoms with Crippen LogP contribution in [0.1, 0.15) is 25.3 Å². The molecule has 4 heteroatoms. The fourth-order valence-electron chi connectivity index (χ4n) is 1.43. The van der Waals surface area contributed by atoms with Crippen LogP contribution in [0.4, 0.5) is 0 Å². The third-order valence-corrected chi connectivity index (χ3v) is 2.93.